The first-order chi connectivity index (χ1) is 17.1. The van der Waals surface area contributed by atoms with Crippen LogP contribution in [0.15, 0.2) is 28.6 Å². The number of nitrogens with one attached hydrogen (secondary N) is 1. The Morgan fingerprint density at radius 2 is 2.19 bits per heavy atom. The van der Waals surface area contributed by atoms with Crippen LogP contribution in [0, 0.1) is 5.82 Å². The number of hydrogen-bond acceptors (Lipinski definition) is 8. The van der Waals surface area contributed by atoms with Crippen LogP contribution in [0.25, 0.3) is 5.57 Å². The monoisotopic (exact) mass is 525 g/mol. The number of ether oxygens (including phenoxy) is 2. The van der Waals surface area contributed by atoms with Gasteiger partial charge in [-0.2, -0.15) is 0 Å². The second-order valence-corrected chi connectivity index (χ2v) is 11.3. The van der Waals surface area contributed by atoms with Crippen molar-refractivity contribution in [2.24, 2.45) is 4.36 Å². The fourth-order valence-corrected chi connectivity index (χ4v) is 5.66. The molecule has 36 heavy (non-hydrogen) atoms. The second kappa shape index (κ2) is 12.3. The first-order valence-corrected chi connectivity index (χ1v) is 13.7. The zero-order valence-electron chi connectivity index (χ0n) is 20.4. The van der Waals surface area contributed by atoms with Crippen molar-refractivity contribution < 1.29 is 37.6 Å². The van der Waals surface area contributed by atoms with Crippen LogP contribution >= 0.6 is 0 Å². The molecule has 198 valence electrons. The lowest BCUT2D eigenvalue weighted by atomic mass is 10.0. The fraction of sp³-hybridized carbons (Fsp3) is 0.542. The fourth-order valence-electron chi connectivity index (χ4n) is 3.82. The van der Waals surface area contributed by atoms with Gasteiger partial charge < -0.3 is 19.9 Å². The highest BCUT2D eigenvalue weighted by atomic mass is 32.2. The molecule has 2 aliphatic rings. The molecular formula is C24H32FN3O7S. The Hall–Kier alpha value is -2.99. The van der Waals surface area contributed by atoms with Gasteiger partial charge in [0.2, 0.25) is 5.91 Å². The van der Waals surface area contributed by atoms with Crippen LogP contribution in [0.4, 0.5) is 14.9 Å². The van der Waals surface area contributed by atoms with E-state index in [4.69, 9.17) is 9.47 Å². The Morgan fingerprint density at radius 3 is 2.83 bits per heavy atom. The molecule has 3 atom stereocenters. The van der Waals surface area contributed by atoms with Gasteiger partial charge in [-0.1, -0.05) is 13.0 Å². The normalized spacial score (nSPS) is 22.4. The van der Waals surface area contributed by atoms with Crippen molar-refractivity contribution in [3.63, 3.8) is 0 Å². The molecule has 2 heterocycles. The van der Waals surface area contributed by atoms with Gasteiger partial charge in [-0.3, -0.25) is 14.5 Å². The minimum absolute atomic E-state index is 0.112. The number of benzene rings is 1. The number of hydrogen-bond donors (Lipinski definition) is 2. The van der Waals surface area contributed by atoms with E-state index in [9.17, 15) is 28.1 Å². The van der Waals surface area contributed by atoms with Gasteiger partial charge in [0.25, 0.3) is 0 Å². The Balaban J connectivity index is 1.60. The van der Waals surface area contributed by atoms with Gasteiger partial charge in [0.15, 0.2) is 0 Å². The van der Waals surface area contributed by atoms with E-state index in [0.717, 1.165) is 0 Å². The van der Waals surface area contributed by atoms with Gasteiger partial charge in [0, 0.05) is 24.7 Å². The summed E-state index contributed by atoms with van der Waals surface area (Å²) in [5, 5.41) is 12.6. The third-order valence-electron chi connectivity index (χ3n) is 5.75. The molecule has 0 saturated carbocycles. The molecule has 1 unspecified atom stereocenters. The number of carbonyl (C=O) groups is 3. The Kier molecular flexibility index (Phi) is 9.43. The molecule has 0 bridgehead atoms. The standard InChI is InChI=1S/C24H32FN3O7S/c1-3-4-23(31)34-15-19(30)12-27-36(33)9-7-17(8-10-36)21-6-5-18(11-22(21)25)28-14-20(35-24(28)32)13-26-16(2)29/h5-7,11,19-20,30H,3-4,8-10,12-15H2,1-2H3,(H,26,29)/t19-,20-,36?/m1/s1. The van der Waals surface area contributed by atoms with Crippen molar-refractivity contribution in [1.82, 2.24) is 5.32 Å². The van der Waals surface area contributed by atoms with Crippen molar-refractivity contribution in [2.45, 2.75) is 45.3 Å². The molecule has 2 amide bonds. The van der Waals surface area contributed by atoms with Gasteiger partial charge in [0.1, 0.15) is 24.6 Å². The zero-order chi connectivity index (χ0) is 26.3. The number of aliphatic hydroxyl groups is 1. The summed E-state index contributed by atoms with van der Waals surface area (Å²) >= 11 is 0. The minimum atomic E-state index is -2.61. The summed E-state index contributed by atoms with van der Waals surface area (Å²) in [5.41, 5.74) is 1.38. The molecule has 0 spiro atoms. The van der Waals surface area contributed by atoms with E-state index in [1.807, 2.05) is 6.92 Å². The smallest absolute Gasteiger partial charge is 0.414 e. The average molecular weight is 526 g/mol. The quantitative estimate of drug-likeness (QED) is 0.448. The van der Waals surface area contributed by atoms with Crippen LogP contribution in [0.2, 0.25) is 0 Å². The minimum Gasteiger partial charge on any atom is -0.463 e. The van der Waals surface area contributed by atoms with Crippen LogP contribution in [-0.4, -0.2) is 77.2 Å². The topological polar surface area (TPSA) is 135 Å². The number of aliphatic hydroxyl groups excluding tert-OH is 1. The highest BCUT2D eigenvalue weighted by Crippen LogP contribution is 2.30. The molecule has 1 saturated heterocycles. The second-order valence-electron chi connectivity index (χ2n) is 8.74. The number of cyclic esters (lactones) is 1. The van der Waals surface area contributed by atoms with Crippen LogP contribution in [0.1, 0.15) is 38.7 Å². The van der Waals surface area contributed by atoms with E-state index in [1.165, 1.54) is 17.9 Å². The van der Waals surface area contributed by atoms with E-state index >= 15 is 0 Å². The molecule has 1 aromatic carbocycles. The third kappa shape index (κ3) is 7.50. The van der Waals surface area contributed by atoms with Gasteiger partial charge in [0.05, 0.1) is 40.8 Å². The summed E-state index contributed by atoms with van der Waals surface area (Å²) in [4.78, 5) is 36.0. The molecule has 12 heteroatoms. The Labute approximate surface area is 210 Å². The predicted molar refractivity (Wildman–Crippen MR) is 132 cm³/mol. The van der Waals surface area contributed by atoms with E-state index in [-0.39, 0.29) is 50.1 Å². The first-order valence-electron chi connectivity index (χ1n) is 11.8. The molecule has 2 N–H and O–H groups in total. The van der Waals surface area contributed by atoms with E-state index < -0.39 is 39.8 Å². The Bertz CT molecular complexity index is 1150. The molecule has 10 nitrogen and oxygen atoms in total. The van der Waals surface area contributed by atoms with E-state index in [0.29, 0.717) is 29.7 Å². The summed E-state index contributed by atoms with van der Waals surface area (Å²) < 4.78 is 42.3. The number of allylic oxidation sites excluding steroid dienone is 1. The van der Waals surface area contributed by atoms with Gasteiger partial charge in [-0.05, 0) is 36.6 Å². The van der Waals surface area contributed by atoms with Gasteiger partial charge >= 0.3 is 12.1 Å². The number of nitrogens with zero attached hydrogens (tertiary/aromatic N) is 2. The van der Waals surface area contributed by atoms with Crippen molar-refractivity contribution >= 4 is 39.0 Å². The predicted octanol–water partition coefficient (Wildman–Crippen LogP) is 2.25. The molecule has 0 radical (unpaired) electrons. The number of esters is 1. The van der Waals surface area contributed by atoms with Crippen LogP contribution < -0.4 is 10.2 Å². The molecule has 3 rings (SSSR count). The molecular weight excluding hydrogens is 493 g/mol. The Morgan fingerprint density at radius 1 is 1.42 bits per heavy atom. The maximum absolute atomic E-state index is 15.0. The summed E-state index contributed by atoms with van der Waals surface area (Å²) in [6.45, 7) is 3.27. The lowest BCUT2D eigenvalue weighted by Crippen LogP contribution is -2.33. The van der Waals surface area contributed by atoms with Crippen LogP contribution in [0.5, 0.6) is 0 Å². The first kappa shape index (κ1) is 27.6. The maximum atomic E-state index is 15.0. The number of rotatable bonds is 10. The summed E-state index contributed by atoms with van der Waals surface area (Å²) in [5.74, 6) is -0.820. The largest absolute Gasteiger partial charge is 0.463 e. The highest BCUT2D eigenvalue weighted by molar-refractivity contribution is 7.93. The molecule has 0 aromatic heterocycles. The van der Waals surface area contributed by atoms with Crippen molar-refractivity contribution in [3.05, 3.63) is 35.7 Å². The lowest BCUT2D eigenvalue weighted by molar-refractivity contribution is -0.146. The molecule has 2 aliphatic heterocycles. The molecule has 0 aliphatic carbocycles. The molecule has 1 fully saturated rings. The van der Waals surface area contributed by atoms with E-state index in [1.54, 1.807) is 18.2 Å². The maximum Gasteiger partial charge on any atom is 0.414 e. The number of amides is 2. The number of halogens is 1. The molecule has 1 aromatic rings. The van der Waals surface area contributed by atoms with Crippen molar-refractivity contribution in [3.8, 4) is 0 Å². The van der Waals surface area contributed by atoms with Crippen molar-refractivity contribution in [1.29, 1.82) is 0 Å². The van der Waals surface area contributed by atoms with Crippen LogP contribution in [0.3, 0.4) is 0 Å². The number of carbonyl (C=O) groups excluding carboxylic acids is 3. The summed E-state index contributed by atoms with van der Waals surface area (Å²) in [6, 6.07) is 4.45. The average Bonchev–Trinajstić information content (AvgIpc) is 3.21. The van der Waals surface area contributed by atoms with E-state index in [2.05, 4.69) is 9.68 Å². The van der Waals surface area contributed by atoms with Crippen LogP contribution in [-0.2, 0) is 28.8 Å². The highest BCUT2D eigenvalue weighted by Gasteiger charge is 2.33. The number of anilines is 1. The SMILES string of the molecule is CCCC(=O)OC[C@H](O)CN=S1(=O)CC=C(c2ccc(N3C[C@@H](CNC(C)=O)OC3=O)cc2F)CC1. The van der Waals surface area contributed by atoms with Crippen molar-refractivity contribution in [2.75, 3.05) is 42.6 Å². The van der Waals surface area contributed by atoms with Gasteiger partial charge in [-0.15, -0.1) is 0 Å². The third-order valence-corrected chi connectivity index (χ3v) is 7.90. The summed E-state index contributed by atoms with van der Waals surface area (Å²) in [6.07, 6.45) is 0.777. The summed E-state index contributed by atoms with van der Waals surface area (Å²) in [7, 11) is -2.61. The van der Waals surface area contributed by atoms with Gasteiger partial charge in [-0.25, -0.2) is 17.8 Å². The lowest BCUT2D eigenvalue weighted by Gasteiger charge is -2.20. The zero-order valence-corrected chi connectivity index (χ0v) is 21.2.